The fraction of sp³-hybridized carbons (Fsp3) is 1.00. The van der Waals surface area contributed by atoms with Gasteiger partial charge in [-0.15, -0.1) is 0 Å². The molecule has 2 aliphatic carbocycles. The van der Waals surface area contributed by atoms with E-state index in [-0.39, 0.29) is 0 Å². The van der Waals surface area contributed by atoms with Gasteiger partial charge in [-0.1, -0.05) is 44.9 Å². The Morgan fingerprint density at radius 1 is 1.00 bits per heavy atom. The SMILES string of the molecule is CCOC(C)CNC1CCCCC1C1CCCCC1. The van der Waals surface area contributed by atoms with Gasteiger partial charge in [-0.05, 0) is 38.5 Å². The number of rotatable bonds is 6. The third kappa shape index (κ3) is 4.75. The van der Waals surface area contributed by atoms with Gasteiger partial charge in [0.15, 0.2) is 0 Å². The van der Waals surface area contributed by atoms with Crippen LogP contribution in [0.4, 0.5) is 0 Å². The summed E-state index contributed by atoms with van der Waals surface area (Å²) in [7, 11) is 0. The predicted molar refractivity (Wildman–Crippen MR) is 81.4 cm³/mol. The van der Waals surface area contributed by atoms with E-state index in [2.05, 4.69) is 19.2 Å². The Morgan fingerprint density at radius 3 is 2.42 bits per heavy atom. The van der Waals surface area contributed by atoms with Gasteiger partial charge in [-0.3, -0.25) is 0 Å². The van der Waals surface area contributed by atoms with Crippen LogP contribution in [0.1, 0.15) is 71.6 Å². The Balaban J connectivity index is 1.81. The Hall–Kier alpha value is -0.0800. The van der Waals surface area contributed by atoms with Crippen LogP contribution in [0.5, 0.6) is 0 Å². The summed E-state index contributed by atoms with van der Waals surface area (Å²) in [6, 6.07) is 0.764. The summed E-state index contributed by atoms with van der Waals surface area (Å²) in [6.07, 6.45) is 13.5. The number of hydrogen-bond acceptors (Lipinski definition) is 2. The molecular formula is C17H33NO. The molecule has 2 heteroatoms. The third-order valence-electron chi connectivity index (χ3n) is 5.19. The van der Waals surface area contributed by atoms with Gasteiger partial charge in [0.05, 0.1) is 6.10 Å². The second-order valence-electron chi connectivity index (χ2n) is 6.63. The van der Waals surface area contributed by atoms with Crippen molar-refractivity contribution in [2.45, 2.75) is 83.8 Å². The molecule has 2 saturated carbocycles. The Labute approximate surface area is 119 Å². The van der Waals surface area contributed by atoms with Crippen LogP contribution in [-0.4, -0.2) is 25.3 Å². The monoisotopic (exact) mass is 267 g/mol. The molecule has 0 saturated heterocycles. The topological polar surface area (TPSA) is 21.3 Å². The Bertz CT molecular complexity index is 237. The van der Waals surface area contributed by atoms with E-state index in [1.807, 2.05) is 0 Å². The second kappa shape index (κ2) is 8.26. The molecule has 2 rings (SSSR count). The first-order valence-corrected chi connectivity index (χ1v) is 8.66. The van der Waals surface area contributed by atoms with E-state index in [4.69, 9.17) is 4.74 Å². The fourth-order valence-electron chi connectivity index (χ4n) is 4.20. The highest BCUT2D eigenvalue weighted by Gasteiger charge is 2.32. The normalized spacial score (nSPS) is 31.3. The van der Waals surface area contributed by atoms with Crippen LogP contribution >= 0.6 is 0 Å². The molecule has 0 aromatic heterocycles. The summed E-state index contributed by atoms with van der Waals surface area (Å²) in [4.78, 5) is 0. The van der Waals surface area contributed by atoms with Crippen LogP contribution in [0, 0.1) is 11.8 Å². The van der Waals surface area contributed by atoms with Crippen LogP contribution in [0.2, 0.25) is 0 Å². The van der Waals surface area contributed by atoms with Gasteiger partial charge in [0, 0.05) is 19.2 Å². The predicted octanol–water partition coefficient (Wildman–Crippen LogP) is 4.14. The van der Waals surface area contributed by atoms with Gasteiger partial charge in [-0.25, -0.2) is 0 Å². The van der Waals surface area contributed by atoms with Crippen molar-refractivity contribution in [3.05, 3.63) is 0 Å². The number of hydrogen-bond donors (Lipinski definition) is 1. The van der Waals surface area contributed by atoms with Gasteiger partial charge >= 0.3 is 0 Å². The zero-order chi connectivity index (χ0) is 13.5. The first kappa shape index (κ1) is 15.3. The van der Waals surface area contributed by atoms with E-state index in [0.29, 0.717) is 6.10 Å². The molecule has 19 heavy (non-hydrogen) atoms. The maximum absolute atomic E-state index is 5.65. The summed E-state index contributed by atoms with van der Waals surface area (Å²) >= 11 is 0. The van der Waals surface area contributed by atoms with Crippen molar-refractivity contribution < 1.29 is 4.74 Å². The van der Waals surface area contributed by atoms with Crippen molar-refractivity contribution in [2.24, 2.45) is 11.8 Å². The highest BCUT2D eigenvalue weighted by molar-refractivity contribution is 4.87. The summed E-state index contributed by atoms with van der Waals surface area (Å²) in [5, 5.41) is 3.83. The number of nitrogens with one attached hydrogen (secondary N) is 1. The average Bonchev–Trinajstić information content (AvgIpc) is 2.47. The Kier molecular flexibility index (Phi) is 6.66. The fourth-order valence-corrected chi connectivity index (χ4v) is 4.20. The maximum Gasteiger partial charge on any atom is 0.0671 e. The lowest BCUT2D eigenvalue weighted by Crippen LogP contribution is -2.45. The van der Waals surface area contributed by atoms with Gasteiger partial charge in [0.2, 0.25) is 0 Å². The molecule has 1 N–H and O–H groups in total. The van der Waals surface area contributed by atoms with E-state index in [1.165, 1.54) is 57.8 Å². The van der Waals surface area contributed by atoms with Crippen molar-refractivity contribution in [1.82, 2.24) is 5.32 Å². The first-order chi connectivity index (χ1) is 9.31. The molecule has 112 valence electrons. The molecule has 0 aromatic rings. The number of ether oxygens (including phenoxy) is 1. The van der Waals surface area contributed by atoms with Crippen molar-refractivity contribution in [1.29, 1.82) is 0 Å². The van der Waals surface area contributed by atoms with Gasteiger partial charge in [0.25, 0.3) is 0 Å². The van der Waals surface area contributed by atoms with Crippen molar-refractivity contribution in [3.8, 4) is 0 Å². The summed E-state index contributed by atoms with van der Waals surface area (Å²) in [6.45, 7) is 6.14. The molecule has 0 heterocycles. The smallest absolute Gasteiger partial charge is 0.0671 e. The molecule has 3 unspecified atom stereocenters. The molecule has 2 nitrogen and oxygen atoms in total. The summed E-state index contributed by atoms with van der Waals surface area (Å²) in [5.74, 6) is 1.96. The molecule has 0 amide bonds. The van der Waals surface area contributed by atoms with E-state index in [1.54, 1.807) is 0 Å². The zero-order valence-corrected chi connectivity index (χ0v) is 13.0. The van der Waals surface area contributed by atoms with E-state index in [9.17, 15) is 0 Å². The van der Waals surface area contributed by atoms with Gasteiger partial charge in [-0.2, -0.15) is 0 Å². The highest BCUT2D eigenvalue weighted by atomic mass is 16.5. The lowest BCUT2D eigenvalue weighted by molar-refractivity contribution is 0.0651. The van der Waals surface area contributed by atoms with Crippen LogP contribution in [-0.2, 0) is 4.74 Å². The first-order valence-electron chi connectivity index (χ1n) is 8.66. The quantitative estimate of drug-likeness (QED) is 0.781. The lowest BCUT2D eigenvalue weighted by atomic mass is 9.71. The largest absolute Gasteiger partial charge is 0.377 e. The van der Waals surface area contributed by atoms with Crippen molar-refractivity contribution >= 4 is 0 Å². The molecule has 0 aliphatic heterocycles. The van der Waals surface area contributed by atoms with Crippen LogP contribution in [0.15, 0.2) is 0 Å². The van der Waals surface area contributed by atoms with Crippen molar-refractivity contribution in [2.75, 3.05) is 13.2 Å². The molecule has 0 aromatic carbocycles. The van der Waals surface area contributed by atoms with Crippen LogP contribution in [0.25, 0.3) is 0 Å². The molecule has 3 atom stereocenters. The van der Waals surface area contributed by atoms with Gasteiger partial charge < -0.3 is 10.1 Å². The minimum atomic E-state index is 0.360. The van der Waals surface area contributed by atoms with E-state index >= 15 is 0 Å². The summed E-state index contributed by atoms with van der Waals surface area (Å²) < 4.78 is 5.65. The Morgan fingerprint density at radius 2 is 1.68 bits per heavy atom. The minimum Gasteiger partial charge on any atom is -0.377 e. The van der Waals surface area contributed by atoms with Crippen molar-refractivity contribution in [3.63, 3.8) is 0 Å². The summed E-state index contributed by atoms with van der Waals surface area (Å²) in [5.41, 5.74) is 0. The molecule has 2 aliphatic rings. The molecule has 0 bridgehead atoms. The standard InChI is InChI=1S/C17H33NO/c1-3-19-14(2)13-18-17-12-8-7-11-16(17)15-9-5-4-6-10-15/h14-18H,3-13H2,1-2H3. The highest BCUT2D eigenvalue weighted by Crippen LogP contribution is 2.38. The third-order valence-corrected chi connectivity index (χ3v) is 5.19. The molecule has 0 radical (unpaired) electrons. The zero-order valence-electron chi connectivity index (χ0n) is 13.0. The maximum atomic E-state index is 5.65. The minimum absolute atomic E-state index is 0.360. The van der Waals surface area contributed by atoms with Crippen LogP contribution < -0.4 is 5.32 Å². The van der Waals surface area contributed by atoms with Gasteiger partial charge in [0.1, 0.15) is 0 Å². The lowest BCUT2D eigenvalue weighted by Gasteiger charge is -2.40. The average molecular weight is 267 g/mol. The molecule has 0 spiro atoms. The molecule has 2 fully saturated rings. The van der Waals surface area contributed by atoms with E-state index < -0.39 is 0 Å². The van der Waals surface area contributed by atoms with Crippen LogP contribution in [0.3, 0.4) is 0 Å². The van der Waals surface area contributed by atoms with E-state index in [0.717, 1.165) is 31.0 Å². The molecular weight excluding hydrogens is 234 g/mol. The second-order valence-corrected chi connectivity index (χ2v) is 6.63.